The zero-order valence-corrected chi connectivity index (χ0v) is 16.3. The molecule has 1 aromatic carbocycles. The van der Waals surface area contributed by atoms with Crippen molar-refractivity contribution in [3.05, 3.63) is 41.5 Å². The fraction of sp³-hybridized carbons (Fsp3) is 0.263. The molecule has 3 heterocycles. The number of aromatic amines is 2. The molecule has 0 fully saturated rings. The summed E-state index contributed by atoms with van der Waals surface area (Å²) < 4.78 is 4.97. The Hall–Kier alpha value is -3.82. The largest absolute Gasteiger partial charge is 0.480 e. The van der Waals surface area contributed by atoms with Crippen LogP contribution in [0.4, 0.5) is 0 Å². The summed E-state index contributed by atoms with van der Waals surface area (Å²) in [5.74, 6) is 0.823. The van der Waals surface area contributed by atoms with Crippen LogP contribution in [-0.4, -0.2) is 52.4 Å². The molecule has 2 aromatic heterocycles. The number of carbonyl (C=O) groups excluding carboxylic acids is 1. The van der Waals surface area contributed by atoms with E-state index in [1.165, 1.54) is 7.11 Å². The van der Waals surface area contributed by atoms with Crippen LogP contribution in [0.15, 0.2) is 29.4 Å². The number of hydrogen-bond acceptors (Lipinski definition) is 7. The number of nitrogens with zero attached hydrogens (tertiary/aromatic N) is 2. The van der Waals surface area contributed by atoms with Crippen molar-refractivity contribution in [1.29, 1.82) is 5.41 Å². The molecule has 1 aliphatic rings. The molecule has 1 aliphatic heterocycles. The highest BCUT2D eigenvalue weighted by molar-refractivity contribution is 5.97. The van der Waals surface area contributed by atoms with Crippen LogP contribution >= 0.6 is 0 Å². The maximum Gasteiger partial charge on any atom is 0.287 e. The van der Waals surface area contributed by atoms with Crippen molar-refractivity contribution in [2.45, 2.75) is 20.0 Å². The lowest BCUT2D eigenvalue weighted by atomic mass is 10.1. The molecular weight excluding hydrogens is 372 g/mol. The predicted molar refractivity (Wildman–Crippen MR) is 110 cm³/mol. The quantitative estimate of drug-likeness (QED) is 0.287. The van der Waals surface area contributed by atoms with Gasteiger partial charge in [-0.15, -0.1) is 0 Å². The first-order chi connectivity index (χ1) is 13.9. The smallest absolute Gasteiger partial charge is 0.287 e. The number of aryl methyl sites for hydroxylation is 1. The summed E-state index contributed by atoms with van der Waals surface area (Å²) in [5.41, 5.74) is 6.77. The fourth-order valence-corrected chi connectivity index (χ4v) is 3.23. The van der Waals surface area contributed by atoms with Crippen molar-refractivity contribution in [3.8, 4) is 11.3 Å². The number of nitrogens with one attached hydrogen (secondary N) is 6. The Morgan fingerprint density at radius 2 is 2.10 bits per heavy atom. The fourth-order valence-electron chi connectivity index (χ4n) is 3.23. The summed E-state index contributed by atoms with van der Waals surface area (Å²) in [4.78, 5) is 23.2. The number of methoxy groups -OCH3 is 1. The lowest BCUT2D eigenvalue weighted by molar-refractivity contribution is 0.0939. The lowest BCUT2D eigenvalue weighted by Crippen LogP contribution is -2.44. The van der Waals surface area contributed by atoms with Gasteiger partial charge in [0.1, 0.15) is 17.7 Å². The number of ether oxygens (including phenoxy) is 1. The molecule has 10 nitrogen and oxygen atoms in total. The van der Waals surface area contributed by atoms with E-state index >= 15 is 0 Å². The van der Waals surface area contributed by atoms with Gasteiger partial charge < -0.3 is 25.3 Å². The second kappa shape index (κ2) is 7.30. The van der Waals surface area contributed by atoms with Gasteiger partial charge in [-0.25, -0.2) is 4.98 Å². The van der Waals surface area contributed by atoms with Gasteiger partial charge in [0.15, 0.2) is 5.82 Å². The maximum absolute atomic E-state index is 12.5. The minimum absolute atomic E-state index is 0.0736. The number of benzene rings is 1. The Morgan fingerprint density at radius 3 is 2.83 bits per heavy atom. The third-order valence-corrected chi connectivity index (χ3v) is 4.68. The van der Waals surface area contributed by atoms with Crippen LogP contribution in [-0.2, 0) is 4.74 Å². The molecule has 6 N–H and O–H groups in total. The summed E-state index contributed by atoms with van der Waals surface area (Å²) in [6.45, 7) is 4.10. The van der Waals surface area contributed by atoms with Gasteiger partial charge in [0.25, 0.3) is 5.91 Å². The Bertz CT molecular complexity index is 1130. The van der Waals surface area contributed by atoms with Crippen molar-refractivity contribution in [1.82, 2.24) is 31.0 Å². The molecular formula is C19H22N8O2. The van der Waals surface area contributed by atoms with Gasteiger partial charge in [-0.3, -0.25) is 15.6 Å². The first-order valence-corrected chi connectivity index (χ1v) is 9.12. The number of H-pyrrole nitrogens is 2. The summed E-state index contributed by atoms with van der Waals surface area (Å²) >= 11 is 0. The number of amidine groups is 1. The van der Waals surface area contributed by atoms with E-state index in [1.54, 1.807) is 0 Å². The molecule has 0 aliphatic carbocycles. The van der Waals surface area contributed by atoms with Crippen LogP contribution in [0.5, 0.6) is 0 Å². The highest BCUT2D eigenvalue weighted by Gasteiger charge is 2.19. The van der Waals surface area contributed by atoms with E-state index in [2.05, 4.69) is 36.1 Å². The van der Waals surface area contributed by atoms with Crippen molar-refractivity contribution in [2.24, 2.45) is 5.10 Å². The summed E-state index contributed by atoms with van der Waals surface area (Å²) in [5, 5.41) is 18.7. The average Bonchev–Trinajstić information content (AvgIpc) is 3.42. The predicted octanol–water partition coefficient (Wildman–Crippen LogP) is 1.42. The highest BCUT2D eigenvalue weighted by atomic mass is 16.5. The number of amides is 1. The van der Waals surface area contributed by atoms with E-state index < -0.39 is 0 Å². The van der Waals surface area contributed by atoms with Crippen molar-refractivity contribution in [2.75, 3.05) is 13.7 Å². The van der Waals surface area contributed by atoms with Gasteiger partial charge in [-0.05, 0) is 32.0 Å². The monoisotopic (exact) mass is 394 g/mol. The summed E-state index contributed by atoms with van der Waals surface area (Å²) in [7, 11) is 1.46. The number of hydrogen-bond donors (Lipinski definition) is 6. The molecule has 0 bridgehead atoms. The van der Waals surface area contributed by atoms with E-state index in [9.17, 15) is 4.79 Å². The molecule has 0 saturated carbocycles. The van der Waals surface area contributed by atoms with Crippen LogP contribution in [0.3, 0.4) is 0 Å². The number of rotatable bonds is 5. The van der Waals surface area contributed by atoms with Crippen molar-refractivity contribution < 1.29 is 9.53 Å². The van der Waals surface area contributed by atoms with Gasteiger partial charge in [0.05, 0.1) is 19.3 Å². The first kappa shape index (κ1) is 18.5. The number of fused-ring (bicyclic) bond motifs is 1. The van der Waals surface area contributed by atoms with E-state index in [0.29, 0.717) is 17.9 Å². The standard InChI is InChI=1S/C19H22N8O2/c1-9-16(11-4-5-13-12(6-11)7-14(24-13)17(20)29-3)25-18(22-9)19(28)21-8-15-23-10(2)26-27-15/h4-7,15,20,24,27H,8H2,1-3H3,(H,21,28)(H,22,25)(H,23,26). The van der Waals surface area contributed by atoms with Gasteiger partial charge in [-0.2, -0.15) is 5.10 Å². The first-order valence-electron chi connectivity index (χ1n) is 9.12. The van der Waals surface area contributed by atoms with E-state index in [0.717, 1.165) is 28.0 Å². The summed E-state index contributed by atoms with van der Waals surface area (Å²) in [6.07, 6.45) is -0.134. The molecule has 3 aromatic rings. The molecule has 150 valence electrons. The van der Waals surface area contributed by atoms with Crippen molar-refractivity contribution in [3.63, 3.8) is 0 Å². The zero-order valence-electron chi connectivity index (χ0n) is 16.3. The topological polar surface area (TPSA) is 143 Å². The molecule has 1 unspecified atom stereocenters. The van der Waals surface area contributed by atoms with Crippen molar-refractivity contribution >= 4 is 28.5 Å². The van der Waals surface area contributed by atoms with Crippen LogP contribution in [0, 0.1) is 12.3 Å². The molecule has 29 heavy (non-hydrogen) atoms. The van der Waals surface area contributed by atoms with Gasteiger partial charge in [0.2, 0.25) is 5.90 Å². The Balaban J connectivity index is 1.52. The Labute approximate surface area is 166 Å². The number of carbonyl (C=O) groups is 1. The lowest BCUT2D eigenvalue weighted by Gasteiger charge is -2.11. The molecule has 1 amide bonds. The molecule has 0 spiro atoms. The van der Waals surface area contributed by atoms with Gasteiger partial charge in [-0.1, -0.05) is 6.07 Å². The van der Waals surface area contributed by atoms with Gasteiger partial charge >= 0.3 is 0 Å². The van der Waals surface area contributed by atoms with Crippen LogP contribution in [0.2, 0.25) is 0 Å². The van der Waals surface area contributed by atoms with E-state index in [1.807, 2.05) is 38.1 Å². The Morgan fingerprint density at radius 1 is 1.28 bits per heavy atom. The SMILES string of the molecule is COC(=N)c1cc2cc(-c3nc(C(=O)NCC4NN=C(C)N4)[nH]c3C)ccc2[nH]1. The molecule has 0 saturated heterocycles. The minimum atomic E-state index is -0.286. The van der Waals surface area contributed by atoms with Crippen LogP contribution < -0.4 is 16.1 Å². The summed E-state index contributed by atoms with van der Waals surface area (Å²) in [6, 6.07) is 7.67. The highest BCUT2D eigenvalue weighted by Crippen LogP contribution is 2.26. The number of aromatic nitrogens is 3. The van der Waals surface area contributed by atoms with Crippen LogP contribution in [0.25, 0.3) is 22.2 Å². The molecule has 0 radical (unpaired) electrons. The number of hydrazone groups is 1. The average molecular weight is 394 g/mol. The zero-order chi connectivity index (χ0) is 20.5. The van der Waals surface area contributed by atoms with E-state index in [-0.39, 0.29) is 23.8 Å². The van der Waals surface area contributed by atoms with Gasteiger partial charge in [0, 0.05) is 22.2 Å². The Kier molecular flexibility index (Phi) is 4.67. The second-order valence-corrected chi connectivity index (χ2v) is 6.81. The normalized spacial score (nSPS) is 15.6. The molecule has 1 atom stereocenters. The maximum atomic E-state index is 12.5. The third kappa shape index (κ3) is 3.64. The number of imidazole rings is 1. The minimum Gasteiger partial charge on any atom is -0.480 e. The molecule has 10 heteroatoms. The van der Waals surface area contributed by atoms with Crippen LogP contribution in [0.1, 0.15) is 28.9 Å². The molecule has 4 rings (SSSR count). The third-order valence-electron chi connectivity index (χ3n) is 4.68. The second-order valence-electron chi connectivity index (χ2n) is 6.81. The van der Waals surface area contributed by atoms with E-state index in [4.69, 9.17) is 10.1 Å².